The summed E-state index contributed by atoms with van der Waals surface area (Å²) in [5.41, 5.74) is 0. The normalized spacial score (nSPS) is 18.5. The second-order valence-electron chi connectivity index (χ2n) is 4.01. The van der Waals surface area contributed by atoms with Crippen molar-refractivity contribution in [3.63, 3.8) is 0 Å². The maximum atomic E-state index is 10.8. The zero-order chi connectivity index (χ0) is 19.3. The van der Waals surface area contributed by atoms with Gasteiger partial charge < -0.3 is 15.0 Å². The molecule has 4 atom stereocenters. The van der Waals surface area contributed by atoms with Crippen LogP contribution < -0.4 is 4.72 Å². The van der Waals surface area contributed by atoms with Crippen LogP contribution in [0, 0.1) is 0 Å². The lowest BCUT2D eigenvalue weighted by Gasteiger charge is -2.28. The van der Waals surface area contributed by atoms with Gasteiger partial charge in [0.15, 0.2) is 0 Å². The van der Waals surface area contributed by atoms with E-state index in [-0.39, 0.29) is 6.29 Å². The van der Waals surface area contributed by atoms with Gasteiger partial charge in [0.1, 0.15) is 30.6 Å². The molecule has 144 valence electrons. The summed E-state index contributed by atoms with van der Waals surface area (Å²) >= 11 is 0. The molecule has 18 heteroatoms. The standard InChI is InChI=1S/C6H13NO14S3/c8-1-3(7-22(11,12)13)6(21-24(17,18)19)5(10)4(9)2-20-23(14,15)16/h1,3-7,9-10H,2H2,(H,11,12,13)(H,14,15,16)(H,17,18,19)/t3-,4+,5+,6+/m0/s1. The Kier molecular flexibility index (Phi) is 8.25. The second kappa shape index (κ2) is 8.53. The van der Waals surface area contributed by atoms with Crippen LogP contribution in [-0.2, 0) is 44.3 Å². The predicted molar refractivity (Wildman–Crippen MR) is 70.5 cm³/mol. The quantitative estimate of drug-likeness (QED) is 0.137. The molecule has 24 heavy (non-hydrogen) atoms. The number of hydrogen-bond acceptors (Lipinski definition) is 11. The smallest absolute Gasteiger partial charge is 0.388 e. The fourth-order valence-corrected chi connectivity index (χ4v) is 2.65. The number of rotatable bonds is 11. The minimum Gasteiger partial charge on any atom is -0.388 e. The molecule has 0 saturated heterocycles. The lowest BCUT2D eigenvalue weighted by molar-refractivity contribution is -0.116. The molecule has 0 radical (unpaired) electrons. The Morgan fingerprint density at radius 2 is 1.46 bits per heavy atom. The number of carbonyl (C=O) groups excluding carboxylic acids is 1. The van der Waals surface area contributed by atoms with Gasteiger partial charge in [-0.2, -0.15) is 30.0 Å². The molecule has 0 fully saturated rings. The maximum absolute atomic E-state index is 10.8. The monoisotopic (exact) mass is 419 g/mol. The summed E-state index contributed by atoms with van der Waals surface area (Å²) in [7, 11) is -15.6. The van der Waals surface area contributed by atoms with Gasteiger partial charge in [-0.3, -0.25) is 13.7 Å². The van der Waals surface area contributed by atoms with Gasteiger partial charge in [0.25, 0.3) is 0 Å². The van der Waals surface area contributed by atoms with E-state index in [9.17, 15) is 40.3 Å². The average molecular weight is 419 g/mol. The minimum absolute atomic E-state index is 0.372. The molecule has 0 amide bonds. The van der Waals surface area contributed by atoms with Crippen LogP contribution in [0.4, 0.5) is 0 Å². The first-order chi connectivity index (χ1) is 10.6. The van der Waals surface area contributed by atoms with Crippen molar-refractivity contribution < 1.29 is 62.3 Å². The highest BCUT2D eigenvalue weighted by molar-refractivity contribution is 7.83. The molecule has 6 N–H and O–H groups in total. The summed E-state index contributed by atoms with van der Waals surface area (Å²) in [5.74, 6) is 0. The van der Waals surface area contributed by atoms with Crippen molar-refractivity contribution in [2.24, 2.45) is 0 Å². The minimum atomic E-state index is -5.41. The second-order valence-corrected chi connectivity index (χ2v) is 7.34. The lowest BCUT2D eigenvalue weighted by Crippen LogP contribution is -2.55. The van der Waals surface area contributed by atoms with Crippen molar-refractivity contribution in [2.45, 2.75) is 24.4 Å². The summed E-state index contributed by atoms with van der Waals surface area (Å²) in [6.07, 6.45) is -7.84. The van der Waals surface area contributed by atoms with Crippen LogP contribution in [-0.4, -0.2) is 86.4 Å². The van der Waals surface area contributed by atoms with E-state index in [1.807, 2.05) is 0 Å². The Labute approximate surface area is 136 Å². The molecule has 0 aromatic carbocycles. The Bertz CT molecular complexity index is 724. The summed E-state index contributed by atoms with van der Waals surface area (Å²) < 4.78 is 97.4. The van der Waals surface area contributed by atoms with Crippen LogP contribution in [0.3, 0.4) is 0 Å². The Balaban J connectivity index is 5.48. The van der Waals surface area contributed by atoms with Crippen LogP contribution in [0.1, 0.15) is 0 Å². The van der Waals surface area contributed by atoms with Gasteiger partial charge in [-0.1, -0.05) is 0 Å². The topological polar surface area (TPSA) is 251 Å². The Morgan fingerprint density at radius 3 is 1.79 bits per heavy atom. The van der Waals surface area contributed by atoms with E-state index in [0.717, 1.165) is 4.72 Å². The van der Waals surface area contributed by atoms with Crippen LogP contribution in [0.5, 0.6) is 0 Å². The first-order valence-electron chi connectivity index (χ1n) is 5.39. The third-order valence-corrected chi connectivity index (χ3v) is 3.61. The molecule has 0 aliphatic rings. The van der Waals surface area contributed by atoms with Crippen molar-refractivity contribution in [1.82, 2.24) is 4.72 Å². The van der Waals surface area contributed by atoms with Crippen molar-refractivity contribution in [1.29, 1.82) is 0 Å². The third kappa shape index (κ3) is 10.1. The molecule has 0 unspecified atom stereocenters. The van der Waals surface area contributed by atoms with Crippen LogP contribution in [0.25, 0.3) is 0 Å². The molecule has 0 saturated carbocycles. The van der Waals surface area contributed by atoms with E-state index in [1.165, 1.54) is 0 Å². The molecule has 0 aliphatic heterocycles. The maximum Gasteiger partial charge on any atom is 0.397 e. The number of nitrogens with one attached hydrogen (secondary N) is 1. The molecule has 0 aromatic rings. The molecular weight excluding hydrogens is 406 g/mol. The number of aldehydes is 1. The molecule has 0 heterocycles. The summed E-state index contributed by atoms with van der Waals surface area (Å²) in [6, 6.07) is -2.35. The first kappa shape index (κ1) is 23.2. The lowest BCUT2D eigenvalue weighted by atomic mass is 10.0. The van der Waals surface area contributed by atoms with Gasteiger partial charge in [-0.05, 0) is 0 Å². The van der Waals surface area contributed by atoms with Crippen LogP contribution in [0.15, 0.2) is 0 Å². The van der Waals surface area contributed by atoms with E-state index in [0.29, 0.717) is 0 Å². The van der Waals surface area contributed by atoms with Gasteiger partial charge in [0.05, 0.1) is 6.61 Å². The molecule has 0 bridgehead atoms. The molecular formula is C6H13NO14S3. The van der Waals surface area contributed by atoms with E-state index >= 15 is 0 Å². The zero-order valence-electron chi connectivity index (χ0n) is 11.2. The zero-order valence-corrected chi connectivity index (χ0v) is 13.7. The fraction of sp³-hybridized carbons (Fsp3) is 0.833. The van der Waals surface area contributed by atoms with Crippen molar-refractivity contribution in [3.05, 3.63) is 0 Å². The Morgan fingerprint density at radius 1 is 0.958 bits per heavy atom. The van der Waals surface area contributed by atoms with Crippen LogP contribution >= 0.6 is 0 Å². The fourth-order valence-electron chi connectivity index (χ4n) is 1.29. The molecule has 0 spiro atoms. The van der Waals surface area contributed by atoms with Crippen LogP contribution in [0.2, 0.25) is 0 Å². The van der Waals surface area contributed by atoms with E-state index < -0.39 is 62.1 Å². The average Bonchev–Trinajstić information content (AvgIpc) is 2.36. The molecule has 0 aromatic heterocycles. The van der Waals surface area contributed by atoms with Crippen molar-refractivity contribution in [3.8, 4) is 0 Å². The number of hydrogen-bond donors (Lipinski definition) is 6. The van der Waals surface area contributed by atoms with Gasteiger partial charge in [0.2, 0.25) is 0 Å². The van der Waals surface area contributed by atoms with Crippen molar-refractivity contribution in [2.75, 3.05) is 6.61 Å². The molecule has 0 aliphatic carbocycles. The van der Waals surface area contributed by atoms with Gasteiger partial charge >= 0.3 is 31.1 Å². The van der Waals surface area contributed by atoms with E-state index in [2.05, 4.69) is 8.37 Å². The highest BCUT2D eigenvalue weighted by Gasteiger charge is 2.39. The van der Waals surface area contributed by atoms with Gasteiger partial charge in [-0.15, -0.1) is 0 Å². The number of carbonyl (C=O) groups is 1. The van der Waals surface area contributed by atoms with Gasteiger partial charge in [0, 0.05) is 0 Å². The number of aliphatic hydroxyl groups excluding tert-OH is 2. The highest BCUT2D eigenvalue weighted by atomic mass is 32.3. The SMILES string of the molecule is O=C[C@H](NS(=O)(=O)O)[C@@H](OS(=O)(=O)O)[C@H](O)[C@H](O)COS(=O)(=O)O. The summed E-state index contributed by atoms with van der Waals surface area (Å²) in [5, 5.41) is 19.1. The Hall–Kier alpha value is -0.800. The van der Waals surface area contributed by atoms with Crippen molar-refractivity contribution >= 4 is 37.4 Å². The van der Waals surface area contributed by atoms with Gasteiger partial charge in [-0.25, -0.2) is 8.37 Å². The molecule has 0 rings (SSSR count). The highest BCUT2D eigenvalue weighted by Crippen LogP contribution is 2.13. The number of aliphatic hydroxyl groups is 2. The molecule has 15 nitrogen and oxygen atoms in total. The van der Waals surface area contributed by atoms with E-state index in [4.69, 9.17) is 13.7 Å². The summed E-state index contributed by atoms with van der Waals surface area (Å²) in [4.78, 5) is 10.8. The third-order valence-electron chi connectivity index (χ3n) is 2.14. The predicted octanol–water partition coefficient (Wildman–Crippen LogP) is -4.32. The van der Waals surface area contributed by atoms with E-state index in [1.54, 1.807) is 0 Å². The first-order valence-corrected chi connectivity index (χ1v) is 9.56. The summed E-state index contributed by atoms with van der Waals surface area (Å²) in [6.45, 7) is -1.37. The largest absolute Gasteiger partial charge is 0.397 e.